The number of nitrogens with zero attached hydrogens (tertiary/aromatic N) is 1. The lowest BCUT2D eigenvalue weighted by molar-refractivity contribution is -0.159. The molecule has 0 aromatic heterocycles. The van der Waals surface area contributed by atoms with Gasteiger partial charge in [-0.15, -0.1) is 0 Å². The number of benzene rings is 1. The highest BCUT2D eigenvalue weighted by Gasteiger charge is 2.49. The predicted molar refractivity (Wildman–Crippen MR) is 141 cm³/mol. The molecule has 1 aromatic rings. The van der Waals surface area contributed by atoms with E-state index in [9.17, 15) is 24.6 Å². The quantitative estimate of drug-likeness (QED) is 0.350. The molecule has 3 unspecified atom stereocenters. The number of ether oxygens (including phenoxy) is 1. The average molecular weight is 517 g/mol. The van der Waals surface area contributed by atoms with Gasteiger partial charge in [-0.1, -0.05) is 33.8 Å². The van der Waals surface area contributed by atoms with Gasteiger partial charge in [-0.05, 0) is 87.3 Å². The van der Waals surface area contributed by atoms with E-state index in [1.165, 1.54) is 23.1 Å². The number of hydrogen-bond donors (Lipinski definition) is 3. The van der Waals surface area contributed by atoms with Crippen LogP contribution in [0.2, 0.25) is 0 Å². The molecule has 1 aliphatic heterocycles. The lowest BCUT2D eigenvalue weighted by atomic mass is 9.66. The maximum Gasteiger partial charge on any atom is 0.329 e. The highest BCUT2D eigenvalue weighted by Crippen LogP contribution is 2.57. The number of phenols is 2. The van der Waals surface area contributed by atoms with Crippen LogP contribution in [0.3, 0.4) is 0 Å². The summed E-state index contributed by atoms with van der Waals surface area (Å²) in [6.07, 6.45) is 4.01. The fourth-order valence-corrected chi connectivity index (χ4v) is 5.83. The first-order valence-corrected chi connectivity index (χ1v) is 13.4. The molecule has 1 saturated carbocycles. The van der Waals surface area contributed by atoms with Crippen LogP contribution >= 0.6 is 0 Å². The standard InChI is InChI=1S/C29H44N2O6/c1-18(15-20-12-13-27(2,3)28(20,4)5)37-25(35)21-9-8-14-31(21)26(36)29(6,7)30-24(34)17-19-10-11-22(32)23(33)16-19/h10-11,16,18,20-21,32-33H,8-9,12-15,17H2,1-7H3,(H,30,34). The molecular weight excluding hydrogens is 472 g/mol. The number of amides is 2. The minimum atomic E-state index is -1.23. The van der Waals surface area contributed by atoms with Crippen molar-refractivity contribution in [3.05, 3.63) is 23.8 Å². The Hall–Kier alpha value is -2.77. The first kappa shape index (κ1) is 28.8. The van der Waals surface area contributed by atoms with Gasteiger partial charge in [0.15, 0.2) is 11.5 Å². The van der Waals surface area contributed by atoms with E-state index < -0.39 is 17.5 Å². The molecule has 8 nitrogen and oxygen atoms in total. The second kappa shape index (κ2) is 10.5. The van der Waals surface area contributed by atoms with Gasteiger partial charge in [0.05, 0.1) is 12.5 Å². The van der Waals surface area contributed by atoms with Crippen LogP contribution in [0.25, 0.3) is 0 Å². The Morgan fingerprint density at radius 1 is 1.14 bits per heavy atom. The van der Waals surface area contributed by atoms with Gasteiger partial charge in [0.2, 0.25) is 11.8 Å². The summed E-state index contributed by atoms with van der Waals surface area (Å²) in [6.45, 7) is 14.8. The van der Waals surface area contributed by atoms with Crippen LogP contribution in [0.15, 0.2) is 18.2 Å². The van der Waals surface area contributed by atoms with Crippen molar-refractivity contribution in [1.29, 1.82) is 0 Å². The van der Waals surface area contributed by atoms with Gasteiger partial charge in [-0.25, -0.2) is 4.79 Å². The zero-order chi connectivity index (χ0) is 27.8. The van der Waals surface area contributed by atoms with Crippen molar-refractivity contribution in [3.8, 4) is 11.5 Å². The lowest BCUT2D eigenvalue weighted by Gasteiger charge is -2.40. The molecule has 3 rings (SSSR count). The molecule has 1 heterocycles. The van der Waals surface area contributed by atoms with Gasteiger partial charge >= 0.3 is 5.97 Å². The molecule has 3 atom stereocenters. The zero-order valence-corrected chi connectivity index (χ0v) is 23.4. The molecule has 2 amide bonds. The third-order valence-electron chi connectivity index (χ3n) is 8.99. The molecule has 1 aliphatic carbocycles. The Labute approximate surface area is 220 Å². The second-order valence-corrected chi connectivity index (χ2v) is 12.7. The summed E-state index contributed by atoms with van der Waals surface area (Å²) in [7, 11) is 0. The number of nitrogens with one attached hydrogen (secondary N) is 1. The van der Waals surface area contributed by atoms with E-state index >= 15 is 0 Å². The normalized spacial score (nSPS) is 23.5. The minimum Gasteiger partial charge on any atom is -0.504 e. The van der Waals surface area contributed by atoms with E-state index in [1.807, 2.05) is 6.92 Å². The summed E-state index contributed by atoms with van der Waals surface area (Å²) >= 11 is 0. The van der Waals surface area contributed by atoms with Crippen molar-refractivity contribution >= 4 is 17.8 Å². The number of carbonyl (C=O) groups excluding carboxylic acids is 3. The van der Waals surface area contributed by atoms with Crippen molar-refractivity contribution in [2.24, 2.45) is 16.7 Å². The van der Waals surface area contributed by atoms with Gasteiger partial charge in [-0.3, -0.25) is 9.59 Å². The van der Waals surface area contributed by atoms with Gasteiger partial charge in [0.25, 0.3) is 0 Å². The first-order chi connectivity index (χ1) is 17.0. The SMILES string of the molecule is CC(CC1CCC(C)(C)C1(C)C)OC(=O)C1CCCN1C(=O)C(C)(C)NC(=O)Cc1ccc(O)c(O)c1. The molecule has 2 fully saturated rings. The highest BCUT2D eigenvalue weighted by molar-refractivity contribution is 5.94. The molecule has 37 heavy (non-hydrogen) atoms. The van der Waals surface area contributed by atoms with E-state index in [0.717, 1.165) is 19.3 Å². The van der Waals surface area contributed by atoms with E-state index in [-0.39, 0.29) is 46.7 Å². The Balaban J connectivity index is 1.58. The number of rotatable bonds is 8. The fourth-order valence-electron chi connectivity index (χ4n) is 5.83. The zero-order valence-electron chi connectivity index (χ0n) is 23.4. The minimum absolute atomic E-state index is 0.0676. The third-order valence-corrected chi connectivity index (χ3v) is 8.99. The van der Waals surface area contributed by atoms with Crippen LogP contribution < -0.4 is 5.32 Å². The Morgan fingerprint density at radius 2 is 1.81 bits per heavy atom. The number of esters is 1. The van der Waals surface area contributed by atoms with Crippen LogP contribution in [0.4, 0.5) is 0 Å². The van der Waals surface area contributed by atoms with Gasteiger partial charge < -0.3 is 25.2 Å². The molecule has 1 saturated heterocycles. The number of phenolic OH excluding ortho intramolecular Hbond substituents is 2. The fraction of sp³-hybridized carbons (Fsp3) is 0.690. The molecule has 0 spiro atoms. The highest BCUT2D eigenvalue weighted by atomic mass is 16.5. The summed E-state index contributed by atoms with van der Waals surface area (Å²) in [4.78, 5) is 40.7. The van der Waals surface area contributed by atoms with Crippen molar-refractivity contribution < 1.29 is 29.3 Å². The molecule has 1 aromatic carbocycles. The van der Waals surface area contributed by atoms with Gasteiger partial charge in [-0.2, -0.15) is 0 Å². The molecule has 3 N–H and O–H groups in total. The number of aromatic hydroxyl groups is 2. The molecular formula is C29H44N2O6. The first-order valence-electron chi connectivity index (χ1n) is 13.4. The van der Waals surface area contributed by atoms with Crippen molar-refractivity contribution in [1.82, 2.24) is 10.2 Å². The lowest BCUT2D eigenvalue weighted by Crippen LogP contribution is -2.58. The van der Waals surface area contributed by atoms with E-state index in [0.29, 0.717) is 30.9 Å². The Bertz CT molecular complexity index is 1030. The number of hydrogen-bond acceptors (Lipinski definition) is 6. The van der Waals surface area contributed by atoms with Crippen molar-refractivity contribution in [3.63, 3.8) is 0 Å². The number of likely N-dealkylation sites (tertiary alicyclic amines) is 1. The number of carbonyl (C=O) groups is 3. The van der Waals surface area contributed by atoms with Crippen LogP contribution in [-0.4, -0.2) is 57.1 Å². The van der Waals surface area contributed by atoms with Gasteiger partial charge in [0, 0.05) is 6.54 Å². The van der Waals surface area contributed by atoms with Crippen molar-refractivity contribution in [2.75, 3.05) is 6.54 Å². The molecule has 8 heteroatoms. The molecule has 2 aliphatic rings. The third kappa shape index (κ3) is 6.21. The summed E-state index contributed by atoms with van der Waals surface area (Å²) in [5, 5.41) is 21.9. The molecule has 206 valence electrons. The van der Waals surface area contributed by atoms with Crippen LogP contribution in [-0.2, 0) is 25.5 Å². The van der Waals surface area contributed by atoms with E-state index in [4.69, 9.17) is 4.74 Å². The summed E-state index contributed by atoms with van der Waals surface area (Å²) < 4.78 is 5.87. The van der Waals surface area contributed by atoms with Crippen LogP contribution in [0.5, 0.6) is 11.5 Å². The summed E-state index contributed by atoms with van der Waals surface area (Å²) in [5.41, 5.74) is -0.329. The molecule has 0 bridgehead atoms. The monoisotopic (exact) mass is 516 g/mol. The average Bonchev–Trinajstić information content (AvgIpc) is 3.34. The van der Waals surface area contributed by atoms with E-state index in [2.05, 4.69) is 33.0 Å². The smallest absolute Gasteiger partial charge is 0.329 e. The molecule has 0 radical (unpaired) electrons. The summed E-state index contributed by atoms with van der Waals surface area (Å²) in [5.74, 6) is -1.23. The van der Waals surface area contributed by atoms with E-state index in [1.54, 1.807) is 13.8 Å². The topological polar surface area (TPSA) is 116 Å². The summed E-state index contributed by atoms with van der Waals surface area (Å²) in [6, 6.07) is 3.49. The maximum absolute atomic E-state index is 13.4. The Morgan fingerprint density at radius 3 is 2.41 bits per heavy atom. The van der Waals surface area contributed by atoms with Crippen molar-refractivity contribution in [2.45, 2.75) is 105 Å². The Kier molecular flexibility index (Phi) is 8.20. The van der Waals surface area contributed by atoms with Crippen LogP contribution in [0.1, 0.15) is 86.1 Å². The van der Waals surface area contributed by atoms with Gasteiger partial charge in [0.1, 0.15) is 11.6 Å². The van der Waals surface area contributed by atoms with Crippen LogP contribution in [0, 0.1) is 16.7 Å². The second-order valence-electron chi connectivity index (χ2n) is 12.7. The maximum atomic E-state index is 13.4. The largest absolute Gasteiger partial charge is 0.504 e. The predicted octanol–water partition coefficient (Wildman–Crippen LogP) is 4.31.